The molecule has 0 aromatic heterocycles. The zero-order valence-electron chi connectivity index (χ0n) is 12.0. The lowest BCUT2D eigenvalue weighted by atomic mass is 10.1. The third-order valence-corrected chi connectivity index (χ3v) is 4.42. The molecule has 0 saturated heterocycles. The maximum absolute atomic E-state index is 12.6. The Hall–Kier alpha value is -1.54. The van der Waals surface area contributed by atoms with Gasteiger partial charge in [0.05, 0.1) is 4.90 Å². The Morgan fingerprint density at radius 1 is 1.32 bits per heavy atom. The molecule has 22 heavy (non-hydrogen) atoms. The Morgan fingerprint density at radius 3 is 2.59 bits per heavy atom. The minimum atomic E-state index is -4.50. The van der Waals surface area contributed by atoms with E-state index in [1.807, 2.05) is 13.8 Å². The van der Waals surface area contributed by atoms with Crippen LogP contribution in [0, 0.1) is 5.92 Å². The highest BCUT2D eigenvalue weighted by Crippen LogP contribution is 2.34. The van der Waals surface area contributed by atoms with Crippen LogP contribution in [0.2, 0.25) is 0 Å². The van der Waals surface area contributed by atoms with Gasteiger partial charge in [-0.15, -0.1) is 0 Å². The fourth-order valence-electron chi connectivity index (χ4n) is 1.83. The van der Waals surface area contributed by atoms with Crippen LogP contribution in [-0.4, -0.2) is 27.2 Å². The normalized spacial score (nSPS) is 18.2. The number of fused-ring (bicyclic) bond motifs is 1. The van der Waals surface area contributed by atoms with Crippen LogP contribution >= 0.6 is 0 Å². The standard InChI is InChI=1S/C14H16F3NO3S/c1-9(2)8-18-22(19,20)11-4-5-12-10(7-11)3-6-13(21-12)14(15,16)17/h3-7,9,13,18H,8H2,1-2H3/t13-/m0/s1. The van der Waals surface area contributed by atoms with Gasteiger partial charge in [-0.3, -0.25) is 0 Å². The van der Waals surface area contributed by atoms with Gasteiger partial charge in [0.25, 0.3) is 0 Å². The van der Waals surface area contributed by atoms with Crippen LogP contribution in [-0.2, 0) is 10.0 Å². The summed E-state index contributed by atoms with van der Waals surface area (Å²) in [6, 6.07) is 3.76. The van der Waals surface area contributed by atoms with Crippen LogP contribution in [0.1, 0.15) is 19.4 Å². The average Bonchev–Trinajstić information content (AvgIpc) is 2.43. The van der Waals surface area contributed by atoms with Crippen molar-refractivity contribution in [3.63, 3.8) is 0 Å². The summed E-state index contributed by atoms with van der Waals surface area (Å²) in [4.78, 5) is -0.00870. The van der Waals surface area contributed by atoms with Gasteiger partial charge in [-0.05, 0) is 30.2 Å². The van der Waals surface area contributed by atoms with Crippen molar-refractivity contribution in [2.24, 2.45) is 5.92 Å². The van der Waals surface area contributed by atoms with Crippen molar-refractivity contribution in [3.8, 4) is 5.75 Å². The van der Waals surface area contributed by atoms with Gasteiger partial charge in [-0.2, -0.15) is 13.2 Å². The molecule has 122 valence electrons. The van der Waals surface area contributed by atoms with Crippen molar-refractivity contribution in [1.82, 2.24) is 4.72 Å². The SMILES string of the molecule is CC(C)CNS(=O)(=O)c1ccc2c(c1)C=C[C@@H](C(F)(F)F)O2. The minimum absolute atomic E-state index is 0.00707. The number of benzene rings is 1. The van der Waals surface area contributed by atoms with Gasteiger partial charge in [0.15, 0.2) is 0 Å². The second-order valence-corrected chi connectivity index (χ2v) is 7.15. The lowest BCUT2D eigenvalue weighted by Crippen LogP contribution is -2.34. The lowest BCUT2D eigenvalue weighted by Gasteiger charge is -2.23. The molecule has 1 N–H and O–H groups in total. The highest BCUT2D eigenvalue weighted by molar-refractivity contribution is 7.89. The molecule has 0 bridgehead atoms. The zero-order chi connectivity index (χ0) is 16.5. The molecule has 0 amide bonds. The van der Waals surface area contributed by atoms with E-state index in [0.29, 0.717) is 5.56 Å². The Bertz CT molecular complexity index is 681. The van der Waals surface area contributed by atoms with E-state index >= 15 is 0 Å². The van der Waals surface area contributed by atoms with E-state index in [-0.39, 0.29) is 23.1 Å². The Kier molecular flexibility index (Phi) is 4.53. The van der Waals surface area contributed by atoms with E-state index in [9.17, 15) is 21.6 Å². The molecule has 1 aromatic carbocycles. The van der Waals surface area contributed by atoms with E-state index < -0.39 is 22.3 Å². The van der Waals surface area contributed by atoms with Crippen LogP contribution in [0.4, 0.5) is 13.2 Å². The number of hydrogen-bond donors (Lipinski definition) is 1. The molecule has 1 heterocycles. The summed E-state index contributed by atoms with van der Waals surface area (Å²) in [5.74, 6) is 0.149. The summed E-state index contributed by atoms with van der Waals surface area (Å²) in [5, 5.41) is 0. The summed E-state index contributed by atoms with van der Waals surface area (Å²) in [6.45, 7) is 4.01. The largest absolute Gasteiger partial charge is 0.476 e. The van der Waals surface area contributed by atoms with Crippen molar-refractivity contribution in [3.05, 3.63) is 29.8 Å². The van der Waals surface area contributed by atoms with Crippen LogP contribution < -0.4 is 9.46 Å². The van der Waals surface area contributed by atoms with Crippen molar-refractivity contribution >= 4 is 16.1 Å². The molecule has 4 nitrogen and oxygen atoms in total. The smallest absolute Gasteiger partial charge is 0.429 e. The van der Waals surface area contributed by atoms with E-state index in [0.717, 1.165) is 6.08 Å². The van der Waals surface area contributed by atoms with Gasteiger partial charge < -0.3 is 4.74 Å². The molecular formula is C14H16F3NO3S. The van der Waals surface area contributed by atoms with Crippen LogP contribution in [0.15, 0.2) is 29.2 Å². The topological polar surface area (TPSA) is 55.4 Å². The summed E-state index contributed by atoms with van der Waals surface area (Å²) in [7, 11) is -3.69. The van der Waals surface area contributed by atoms with Gasteiger partial charge in [-0.1, -0.05) is 19.9 Å². The lowest BCUT2D eigenvalue weighted by molar-refractivity contribution is -0.180. The number of rotatable bonds is 4. The molecule has 0 unspecified atom stereocenters. The van der Waals surface area contributed by atoms with Crippen LogP contribution in [0.5, 0.6) is 5.75 Å². The van der Waals surface area contributed by atoms with Crippen molar-refractivity contribution in [2.75, 3.05) is 6.54 Å². The molecule has 0 fully saturated rings. The monoisotopic (exact) mass is 335 g/mol. The minimum Gasteiger partial charge on any atom is -0.476 e. The van der Waals surface area contributed by atoms with Gasteiger partial charge >= 0.3 is 6.18 Å². The highest BCUT2D eigenvalue weighted by atomic mass is 32.2. The summed E-state index contributed by atoms with van der Waals surface area (Å²) in [6.07, 6.45) is -4.43. The molecule has 8 heteroatoms. The molecule has 0 aliphatic carbocycles. The predicted octanol–water partition coefficient (Wildman–Crippen LogP) is 2.96. The van der Waals surface area contributed by atoms with Crippen molar-refractivity contribution in [1.29, 1.82) is 0 Å². The zero-order valence-corrected chi connectivity index (χ0v) is 12.8. The molecule has 2 rings (SSSR count). The first-order valence-corrected chi connectivity index (χ1v) is 8.13. The Labute approximate surface area is 127 Å². The third kappa shape index (κ3) is 3.80. The van der Waals surface area contributed by atoms with E-state index in [1.54, 1.807) is 0 Å². The molecular weight excluding hydrogens is 319 g/mol. The quantitative estimate of drug-likeness (QED) is 0.920. The van der Waals surface area contributed by atoms with E-state index in [4.69, 9.17) is 4.74 Å². The Morgan fingerprint density at radius 2 is 2.00 bits per heavy atom. The molecule has 0 spiro atoms. The van der Waals surface area contributed by atoms with Gasteiger partial charge in [0.2, 0.25) is 16.1 Å². The maximum Gasteiger partial charge on any atom is 0.429 e. The molecule has 1 aliphatic rings. The number of alkyl halides is 3. The molecule has 1 aliphatic heterocycles. The van der Waals surface area contributed by atoms with E-state index in [2.05, 4.69) is 4.72 Å². The van der Waals surface area contributed by atoms with Gasteiger partial charge in [0.1, 0.15) is 5.75 Å². The first kappa shape index (κ1) is 16.8. The second-order valence-electron chi connectivity index (χ2n) is 5.38. The molecule has 0 saturated carbocycles. The fourth-order valence-corrected chi connectivity index (χ4v) is 3.08. The second kappa shape index (κ2) is 5.92. The average molecular weight is 335 g/mol. The number of halogens is 3. The third-order valence-electron chi connectivity index (χ3n) is 3.00. The summed E-state index contributed by atoms with van der Waals surface area (Å²) < 4.78 is 69.3. The van der Waals surface area contributed by atoms with Crippen LogP contribution in [0.25, 0.3) is 6.08 Å². The first-order valence-electron chi connectivity index (χ1n) is 6.65. The highest BCUT2D eigenvalue weighted by Gasteiger charge is 2.41. The van der Waals surface area contributed by atoms with Gasteiger partial charge in [0, 0.05) is 12.1 Å². The number of ether oxygens (including phenoxy) is 1. The number of sulfonamides is 1. The molecule has 1 aromatic rings. The van der Waals surface area contributed by atoms with Gasteiger partial charge in [-0.25, -0.2) is 13.1 Å². The number of hydrogen-bond acceptors (Lipinski definition) is 3. The fraction of sp³-hybridized carbons (Fsp3) is 0.429. The van der Waals surface area contributed by atoms with Crippen LogP contribution in [0.3, 0.4) is 0 Å². The number of nitrogens with one attached hydrogen (secondary N) is 1. The summed E-state index contributed by atoms with van der Waals surface area (Å²) >= 11 is 0. The van der Waals surface area contributed by atoms with Crippen molar-refractivity contribution < 1.29 is 26.3 Å². The maximum atomic E-state index is 12.6. The summed E-state index contributed by atoms with van der Waals surface area (Å²) in [5.41, 5.74) is 0.299. The molecule has 0 radical (unpaired) electrons. The van der Waals surface area contributed by atoms with Crippen molar-refractivity contribution in [2.45, 2.75) is 31.0 Å². The Balaban J connectivity index is 2.25. The molecule has 1 atom stereocenters. The predicted molar refractivity (Wildman–Crippen MR) is 76.0 cm³/mol. The first-order chi connectivity index (χ1) is 10.1. The van der Waals surface area contributed by atoms with E-state index in [1.165, 1.54) is 24.3 Å².